The smallest absolute Gasteiger partial charge is 0.338 e. The zero-order chi connectivity index (χ0) is 21.8. The number of thiophene rings is 1. The van der Waals surface area contributed by atoms with Crippen LogP contribution in [0.1, 0.15) is 32.5 Å². The number of aryl methyl sites for hydroxylation is 1. The van der Waals surface area contributed by atoms with Crippen molar-refractivity contribution in [2.45, 2.75) is 13.8 Å². The van der Waals surface area contributed by atoms with E-state index in [-0.39, 0.29) is 5.91 Å². The Hall–Kier alpha value is -3.64. The lowest BCUT2D eigenvalue weighted by molar-refractivity contribution is 0.0526. The van der Waals surface area contributed by atoms with Crippen LogP contribution in [0.25, 0.3) is 16.8 Å². The molecular formula is C25H22N2O3S. The molecule has 6 heteroatoms. The summed E-state index contributed by atoms with van der Waals surface area (Å²) in [4.78, 5) is 25.8. The largest absolute Gasteiger partial charge is 0.462 e. The molecule has 0 unspecified atom stereocenters. The number of amides is 1. The maximum Gasteiger partial charge on any atom is 0.338 e. The third-order valence-electron chi connectivity index (χ3n) is 4.79. The standard InChI is InChI=1S/C25H22N2O3S/c1-3-30-25(29)19-10-7-11-20(15-19)26-24(28)23-22(27-12-4-5-13-27)21(16-31-23)18-9-6-8-17(2)14-18/h4-16H,3H2,1-2H3,(H,26,28). The molecule has 0 spiro atoms. The quantitative estimate of drug-likeness (QED) is 0.385. The first-order valence-corrected chi connectivity index (χ1v) is 10.8. The summed E-state index contributed by atoms with van der Waals surface area (Å²) in [6.07, 6.45) is 3.86. The second kappa shape index (κ2) is 9.02. The predicted molar refractivity (Wildman–Crippen MR) is 124 cm³/mol. The van der Waals surface area contributed by atoms with Crippen LogP contribution in [-0.4, -0.2) is 23.1 Å². The first-order valence-electron chi connectivity index (χ1n) is 9.97. The lowest BCUT2D eigenvalue weighted by Crippen LogP contribution is -2.13. The molecule has 0 fully saturated rings. The first kappa shape index (κ1) is 20.6. The highest BCUT2D eigenvalue weighted by Gasteiger charge is 2.21. The summed E-state index contributed by atoms with van der Waals surface area (Å²) in [5.41, 5.74) is 4.98. The fraction of sp³-hybridized carbons (Fsp3) is 0.120. The maximum atomic E-state index is 13.2. The first-order chi connectivity index (χ1) is 15.1. The van der Waals surface area contributed by atoms with Gasteiger partial charge in [-0.1, -0.05) is 35.9 Å². The molecule has 5 nitrogen and oxygen atoms in total. The van der Waals surface area contributed by atoms with Crippen LogP contribution in [0, 0.1) is 6.92 Å². The van der Waals surface area contributed by atoms with Gasteiger partial charge < -0.3 is 14.6 Å². The minimum Gasteiger partial charge on any atom is -0.462 e. The molecule has 156 valence electrons. The number of carbonyl (C=O) groups is 2. The Labute approximate surface area is 184 Å². The molecule has 4 rings (SSSR count). The van der Waals surface area contributed by atoms with Gasteiger partial charge in [-0.05, 0) is 49.7 Å². The fourth-order valence-corrected chi connectivity index (χ4v) is 4.36. The average Bonchev–Trinajstić information content (AvgIpc) is 3.44. The highest BCUT2D eigenvalue weighted by molar-refractivity contribution is 7.13. The number of rotatable bonds is 6. The Morgan fingerprint density at radius 3 is 2.55 bits per heavy atom. The van der Waals surface area contributed by atoms with Crippen LogP contribution >= 0.6 is 11.3 Å². The zero-order valence-corrected chi connectivity index (χ0v) is 18.1. The van der Waals surface area contributed by atoms with E-state index >= 15 is 0 Å². The minimum absolute atomic E-state index is 0.228. The molecule has 2 aromatic heterocycles. The second-order valence-electron chi connectivity index (χ2n) is 7.04. The average molecular weight is 431 g/mol. The van der Waals surface area contributed by atoms with Gasteiger partial charge in [-0.25, -0.2) is 4.79 Å². The van der Waals surface area contributed by atoms with Crippen molar-refractivity contribution < 1.29 is 14.3 Å². The molecule has 31 heavy (non-hydrogen) atoms. The molecule has 0 radical (unpaired) electrons. The number of aromatic nitrogens is 1. The van der Waals surface area contributed by atoms with E-state index in [0.717, 1.165) is 22.4 Å². The third-order valence-corrected chi connectivity index (χ3v) is 5.76. The number of nitrogens with zero attached hydrogens (tertiary/aromatic N) is 1. The molecule has 0 saturated carbocycles. The molecule has 2 aromatic carbocycles. The molecular weight excluding hydrogens is 408 g/mol. The Kier molecular flexibility index (Phi) is 6.00. The minimum atomic E-state index is -0.413. The maximum absolute atomic E-state index is 13.2. The number of benzene rings is 2. The van der Waals surface area contributed by atoms with Gasteiger partial charge in [0.2, 0.25) is 0 Å². The van der Waals surface area contributed by atoms with Crippen molar-refractivity contribution in [1.82, 2.24) is 4.57 Å². The van der Waals surface area contributed by atoms with Gasteiger partial charge in [0.1, 0.15) is 4.88 Å². The van der Waals surface area contributed by atoms with Gasteiger partial charge in [0, 0.05) is 29.0 Å². The van der Waals surface area contributed by atoms with Crippen LogP contribution in [0.5, 0.6) is 0 Å². The molecule has 1 amide bonds. The third kappa shape index (κ3) is 4.44. The van der Waals surface area contributed by atoms with Gasteiger partial charge in [-0.15, -0.1) is 11.3 Å². The topological polar surface area (TPSA) is 60.3 Å². The van der Waals surface area contributed by atoms with Crippen LogP contribution in [-0.2, 0) is 4.74 Å². The van der Waals surface area contributed by atoms with E-state index in [2.05, 4.69) is 24.4 Å². The van der Waals surface area contributed by atoms with Crippen LogP contribution in [0.15, 0.2) is 78.4 Å². The molecule has 0 aliphatic heterocycles. The van der Waals surface area contributed by atoms with E-state index in [1.54, 1.807) is 31.2 Å². The van der Waals surface area contributed by atoms with Crippen LogP contribution in [0.4, 0.5) is 5.69 Å². The highest BCUT2D eigenvalue weighted by atomic mass is 32.1. The Bertz CT molecular complexity index is 1230. The van der Waals surface area contributed by atoms with E-state index in [9.17, 15) is 9.59 Å². The van der Waals surface area contributed by atoms with Crippen molar-refractivity contribution in [2.24, 2.45) is 0 Å². The number of anilines is 1. The summed E-state index contributed by atoms with van der Waals surface area (Å²) >= 11 is 1.40. The monoisotopic (exact) mass is 430 g/mol. The van der Waals surface area contributed by atoms with Crippen molar-refractivity contribution in [3.05, 3.63) is 94.4 Å². The lowest BCUT2D eigenvalue weighted by Gasteiger charge is -2.11. The Morgan fingerprint density at radius 2 is 1.81 bits per heavy atom. The van der Waals surface area contributed by atoms with Crippen molar-refractivity contribution in [1.29, 1.82) is 0 Å². The van der Waals surface area contributed by atoms with Crippen molar-refractivity contribution in [3.8, 4) is 16.8 Å². The van der Waals surface area contributed by atoms with Gasteiger partial charge in [0.15, 0.2) is 0 Å². The number of hydrogen-bond acceptors (Lipinski definition) is 4. The molecule has 0 atom stereocenters. The molecule has 1 N–H and O–H groups in total. The normalized spacial score (nSPS) is 10.6. The van der Waals surface area contributed by atoms with Gasteiger partial charge in [-0.3, -0.25) is 4.79 Å². The summed E-state index contributed by atoms with van der Waals surface area (Å²) in [5.74, 6) is -0.641. The van der Waals surface area contributed by atoms with Gasteiger partial charge in [0.05, 0.1) is 17.9 Å². The highest BCUT2D eigenvalue weighted by Crippen LogP contribution is 2.35. The lowest BCUT2D eigenvalue weighted by atomic mass is 10.0. The summed E-state index contributed by atoms with van der Waals surface area (Å²) < 4.78 is 7.01. The van der Waals surface area contributed by atoms with Crippen LogP contribution < -0.4 is 5.32 Å². The predicted octanol–water partition coefficient (Wildman–Crippen LogP) is 5.94. The Morgan fingerprint density at radius 1 is 1.03 bits per heavy atom. The number of nitrogens with one attached hydrogen (secondary N) is 1. The zero-order valence-electron chi connectivity index (χ0n) is 17.3. The number of ether oxygens (including phenoxy) is 1. The van der Waals surface area contributed by atoms with E-state index in [4.69, 9.17) is 4.74 Å². The molecule has 0 bridgehead atoms. The second-order valence-corrected chi connectivity index (χ2v) is 7.92. The van der Waals surface area contributed by atoms with Crippen molar-refractivity contribution in [2.75, 3.05) is 11.9 Å². The van der Waals surface area contributed by atoms with Gasteiger partial charge >= 0.3 is 5.97 Å². The number of hydrogen-bond donors (Lipinski definition) is 1. The summed E-state index contributed by atoms with van der Waals surface area (Å²) in [6, 6.07) is 18.9. The van der Waals surface area contributed by atoms with Gasteiger partial charge in [0.25, 0.3) is 5.91 Å². The van der Waals surface area contributed by atoms with Crippen LogP contribution in [0.2, 0.25) is 0 Å². The molecule has 2 heterocycles. The van der Waals surface area contributed by atoms with E-state index in [1.807, 2.05) is 46.6 Å². The molecule has 0 aliphatic carbocycles. The fourth-order valence-electron chi connectivity index (χ4n) is 3.40. The summed E-state index contributed by atoms with van der Waals surface area (Å²) in [6.45, 7) is 4.11. The summed E-state index contributed by atoms with van der Waals surface area (Å²) in [5, 5.41) is 4.93. The number of esters is 1. The number of carbonyl (C=O) groups excluding carboxylic acids is 2. The molecule has 0 saturated heterocycles. The Balaban J connectivity index is 1.69. The molecule has 0 aliphatic rings. The van der Waals surface area contributed by atoms with Crippen molar-refractivity contribution >= 4 is 28.9 Å². The molecule has 4 aromatic rings. The van der Waals surface area contributed by atoms with Crippen molar-refractivity contribution in [3.63, 3.8) is 0 Å². The van der Waals surface area contributed by atoms with E-state index < -0.39 is 5.97 Å². The summed E-state index contributed by atoms with van der Waals surface area (Å²) in [7, 11) is 0. The van der Waals surface area contributed by atoms with E-state index in [0.29, 0.717) is 22.7 Å². The van der Waals surface area contributed by atoms with E-state index in [1.165, 1.54) is 11.3 Å². The van der Waals surface area contributed by atoms with Gasteiger partial charge in [-0.2, -0.15) is 0 Å². The SMILES string of the molecule is CCOC(=O)c1cccc(NC(=O)c2scc(-c3cccc(C)c3)c2-n2cccc2)c1. The van der Waals surface area contributed by atoms with Crippen LogP contribution in [0.3, 0.4) is 0 Å².